The van der Waals surface area contributed by atoms with E-state index in [1.807, 2.05) is 24.5 Å². The second-order valence-corrected chi connectivity index (χ2v) is 14.2. The highest BCUT2D eigenvalue weighted by molar-refractivity contribution is 6.10. The minimum absolute atomic E-state index is 0.785. The van der Waals surface area contributed by atoms with E-state index in [0.717, 1.165) is 105 Å². The molecule has 0 radical (unpaired) electrons. The molecular weight excluding hydrogens is 699 g/mol. The number of fused-ring (bicyclic) bond motifs is 6. The van der Waals surface area contributed by atoms with E-state index in [1.54, 1.807) is 12.4 Å². The lowest BCUT2D eigenvalue weighted by Gasteiger charge is -2.27. The van der Waals surface area contributed by atoms with Crippen molar-refractivity contribution in [2.75, 3.05) is 4.90 Å². The molecule has 4 heterocycles. The second kappa shape index (κ2) is 13.5. The first kappa shape index (κ1) is 32.7. The molecule has 0 unspecified atom stereocenters. The van der Waals surface area contributed by atoms with Crippen LogP contribution in [0, 0.1) is 0 Å². The number of pyridine rings is 2. The van der Waals surface area contributed by atoms with Gasteiger partial charge in [-0.05, 0) is 88.0 Å². The zero-order chi connectivity index (χ0) is 37.7. The molecule has 0 aliphatic heterocycles. The van der Waals surface area contributed by atoms with E-state index in [2.05, 4.69) is 179 Å². The Bertz CT molecular complexity index is 3010. The molecule has 7 aromatic carbocycles. The molecule has 0 bridgehead atoms. The van der Waals surface area contributed by atoms with Crippen LogP contribution in [0.15, 0.2) is 210 Å². The van der Waals surface area contributed by atoms with E-state index >= 15 is 0 Å². The summed E-state index contributed by atoms with van der Waals surface area (Å²) in [5.74, 6) is 0. The van der Waals surface area contributed by atoms with Gasteiger partial charge >= 0.3 is 0 Å². The fourth-order valence-corrected chi connectivity index (χ4v) is 8.12. The summed E-state index contributed by atoms with van der Waals surface area (Å²) in [6.45, 7) is 0. The van der Waals surface area contributed by atoms with Gasteiger partial charge in [0, 0.05) is 62.1 Å². The third kappa shape index (κ3) is 5.72. The molecule has 268 valence electrons. The second-order valence-electron chi connectivity index (χ2n) is 14.2. The molecule has 0 atom stereocenters. The largest absolute Gasteiger partial charge is 0.454 e. The summed E-state index contributed by atoms with van der Waals surface area (Å²) in [6, 6.07) is 62.3. The minimum atomic E-state index is 0.785. The van der Waals surface area contributed by atoms with Gasteiger partial charge in [0.25, 0.3) is 0 Å². The molecule has 0 fully saturated rings. The van der Waals surface area contributed by atoms with Gasteiger partial charge in [-0.2, -0.15) is 0 Å². The summed E-state index contributed by atoms with van der Waals surface area (Å²) in [5, 5.41) is 4.29. The lowest BCUT2D eigenvalue weighted by Crippen LogP contribution is -2.10. The van der Waals surface area contributed by atoms with Crippen LogP contribution in [0.4, 0.5) is 17.1 Å². The van der Waals surface area contributed by atoms with Crippen LogP contribution in [-0.2, 0) is 0 Å². The summed E-state index contributed by atoms with van der Waals surface area (Å²) in [6.07, 6.45) is 7.19. The summed E-state index contributed by atoms with van der Waals surface area (Å²) in [5.41, 5.74) is 15.2. The number of para-hydroxylation sites is 2. The third-order valence-electron chi connectivity index (χ3n) is 10.9. The van der Waals surface area contributed by atoms with Crippen molar-refractivity contribution < 1.29 is 8.83 Å². The topological polar surface area (TPSA) is 55.3 Å². The zero-order valence-electron chi connectivity index (χ0n) is 30.7. The SMILES string of the molecule is c1ccc(-c2cc(-c3ccccc3)cc(N(c3ccc(-c4cccc5c4oc4cnccc45)cc3)c3ccc(-c4cccc5c4oc4cnccc45)cc3)c2)cc1. The molecule has 11 aromatic rings. The number of aromatic nitrogens is 2. The smallest absolute Gasteiger partial charge is 0.153 e. The molecular formula is C52H33N3O2. The highest BCUT2D eigenvalue weighted by Crippen LogP contribution is 2.43. The number of anilines is 3. The van der Waals surface area contributed by atoms with Crippen molar-refractivity contribution in [2.24, 2.45) is 0 Å². The lowest BCUT2D eigenvalue weighted by molar-refractivity contribution is 0.667. The Morgan fingerprint density at radius 1 is 0.333 bits per heavy atom. The number of rotatable bonds is 7. The Morgan fingerprint density at radius 3 is 1.25 bits per heavy atom. The first-order valence-electron chi connectivity index (χ1n) is 19.0. The highest BCUT2D eigenvalue weighted by Gasteiger charge is 2.19. The van der Waals surface area contributed by atoms with Crippen LogP contribution in [0.5, 0.6) is 0 Å². The van der Waals surface area contributed by atoms with Crippen LogP contribution < -0.4 is 4.90 Å². The van der Waals surface area contributed by atoms with Crippen LogP contribution in [0.2, 0.25) is 0 Å². The predicted octanol–water partition coefficient (Wildman–Crippen LogP) is 14.4. The zero-order valence-corrected chi connectivity index (χ0v) is 30.7. The maximum atomic E-state index is 6.37. The molecule has 0 N–H and O–H groups in total. The Hall–Kier alpha value is -7.76. The van der Waals surface area contributed by atoms with Crippen LogP contribution in [0.25, 0.3) is 88.4 Å². The summed E-state index contributed by atoms with van der Waals surface area (Å²) >= 11 is 0. The van der Waals surface area contributed by atoms with Gasteiger partial charge in [0.15, 0.2) is 11.2 Å². The monoisotopic (exact) mass is 731 g/mol. The van der Waals surface area contributed by atoms with Crippen molar-refractivity contribution in [3.63, 3.8) is 0 Å². The van der Waals surface area contributed by atoms with Crippen molar-refractivity contribution in [1.82, 2.24) is 9.97 Å². The minimum Gasteiger partial charge on any atom is -0.454 e. The number of hydrogen-bond acceptors (Lipinski definition) is 5. The van der Waals surface area contributed by atoms with Crippen molar-refractivity contribution in [3.8, 4) is 44.5 Å². The first-order valence-corrected chi connectivity index (χ1v) is 19.0. The Balaban J connectivity index is 1.07. The summed E-state index contributed by atoms with van der Waals surface area (Å²) < 4.78 is 12.7. The van der Waals surface area contributed by atoms with Crippen LogP contribution in [0.3, 0.4) is 0 Å². The van der Waals surface area contributed by atoms with Crippen molar-refractivity contribution in [1.29, 1.82) is 0 Å². The van der Waals surface area contributed by atoms with Crippen LogP contribution in [-0.4, -0.2) is 9.97 Å². The highest BCUT2D eigenvalue weighted by atomic mass is 16.3. The molecule has 0 aliphatic carbocycles. The molecule has 4 aromatic heterocycles. The maximum absolute atomic E-state index is 6.37. The van der Waals surface area contributed by atoms with Crippen LogP contribution in [0.1, 0.15) is 0 Å². The van der Waals surface area contributed by atoms with E-state index in [4.69, 9.17) is 8.83 Å². The van der Waals surface area contributed by atoms with Gasteiger partial charge in [-0.25, -0.2) is 0 Å². The standard InChI is InChI=1S/C52H33N3O2/c1-3-9-34(10-4-1)38-29-39(35-11-5-2-6-12-35)31-42(30-38)55(40-21-17-36(18-22-40)43-13-7-15-47-45-25-27-53-32-49(45)56-51(43)47)41-23-19-37(20-24-41)44-14-8-16-48-46-26-28-54-33-50(46)57-52(44)48/h1-33H. The van der Waals surface area contributed by atoms with E-state index in [9.17, 15) is 0 Å². The maximum Gasteiger partial charge on any atom is 0.153 e. The number of hydrogen-bond donors (Lipinski definition) is 0. The van der Waals surface area contributed by atoms with E-state index < -0.39 is 0 Å². The summed E-state index contributed by atoms with van der Waals surface area (Å²) in [4.78, 5) is 10.9. The predicted molar refractivity (Wildman–Crippen MR) is 233 cm³/mol. The fraction of sp³-hybridized carbons (Fsp3) is 0. The van der Waals surface area contributed by atoms with Gasteiger partial charge in [-0.15, -0.1) is 0 Å². The molecule has 0 amide bonds. The Morgan fingerprint density at radius 2 is 0.789 bits per heavy atom. The van der Waals surface area contributed by atoms with Gasteiger partial charge in [-0.1, -0.05) is 121 Å². The number of nitrogens with zero attached hydrogens (tertiary/aromatic N) is 3. The van der Waals surface area contributed by atoms with Gasteiger partial charge in [0.05, 0.1) is 12.4 Å². The fourth-order valence-electron chi connectivity index (χ4n) is 8.12. The normalized spacial score (nSPS) is 11.5. The first-order chi connectivity index (χ1) is 28.2. The lowest BCUT2D eigenvalue weighted by atomic mass is 9.97. The quantitative estimate of drug-likeness (QED) is 0.163. The molecule has 11 rings (SSSR count). The van der Waals surface area contributed by atoms with Crippen molar-refractivity contribution in [3.05, 3.63) is 201 Å². The Labute approximate surface area is 328 Å². The molecule has 0 aliphatic rings. The van der Waals surface area contributed by atoms with Crippen LogP contribution >= 0.6 is 0 Å². The Kier molecular flexibility index (Phi) is 7.74. The van der Waals surface area contributed by atoms with E-state index in [-0.39, 0.29) is 0 Å². The average molecular weight is 732 g/mol. The molecule has 0 saturated carbocycles. The molecule has 5 nitrogen and oxygen atoms in total. The molecule has 5 heteroatoms. The van der Waals surface area contributed by atoms with Crippen molar-refractivity contribution in [2.45, 2.75) is 0 Å². The average Bonchev–Trinajstić information content (AvgIpc) is 3.87. The van der Waals surface area contributed by atoms with Gasteiger partial charge < -0.3 is 13.7 Å². The van der Waals surface area contributed by atoms with E-state index in [0.29, 0.717) is 0 Å². The molecule has 0 saturated heterocycles. The van der Waals surface area contributed by atoms with Gasteiger partial charge in [-0.3, -0.25) is 9.97 Å². The van der Waals surface area contributed by atoms with E-state index in [1.165, 1.54) is 0 Å². The third-order valence-corrected chi connectivity index (χ3v) is 10.9. The number of furan rings is 2. The molecule has 57 heavy (non-hydrogen) atoms. The van der Waals surface area contributed by atoms with Gasteiger partial charge in [0.2, 0.25) is 0 Å². The van der Waals surface area contributed by atoms with Gasteiger partial charge in [0.1, 0.15) is 11.2 Å². The number of benzene rings is 7. The van der Waals surface area contributed by atoms with Crippen molar-refractivity contribution >= 4 is 60.9 Å². The molecule has 0 spiro atoms. The summed E-state index contributed by atoms with van der Waals surface area (Å²) in [7, 11) is 0.